The maximum Gasteiger partial charge on any atom is 0.343 e. The van der Waals surface area contributed by atoms with Gasteiger partial charge in [-0.1, -0.05) is 33.6 Å². The van der Waals surface area contributed by atoms with E-state index in [0.717, 1.165) is 10.5 Å². The average Bonchev–Trinajstić information content (AvgIpc) is 2.78. The first-order chi connectivity index (χ1) is 15.7. The lowest BCUT2D eigenvalue weighted by molar-refractivity contribution is -0.143. The fourth-order valence-electron chi connectivity index (χ4n) is 2.90. The highest BCUT2D eigenvalue weighted by molar-refractivity contribution is 9.10. The number of urea groups is 1. The first kappa shape index (κ1) is 24.3. The number of halogens is 2. The fraction of sp³-hybridized carbons (Fsp3) is 0.182. The highest BCUT2D eigenvalue weighted by Crippen LogP contribution is 2.35. The van der Waals surface area contributed by atoms with Crippen LogP contribution in [0.4, 0.5) is 10.5 Å². The van der Waals surface area contributed by atoms with Crippen LogP contribution in [0.15, 0.2) is 40.4 Å². The summed E-state index contributed by atoms with van der Waals surface area (Å²) in [6.07, 6.45) is 1.31. The van der Waals surface area contributed by atoms with E-state index in [9.17, 15) is 19.2 Å². The second-order valence-corrected chi connectivity index (χ2v) is 8.04. The van der Waals surface area contributed by atoms with Crippen LogP contribution in [0, 0.1) is 6.92 Å². The molecule has 0 saturated carbocycles. The van der Waals surface area contributed by atoms with Crippen molar-refractivity contribution in [3.63, 3.8) is 0 Å². The average molecular weight is 538 g/mol. The summed E-state index contributed by atoms with van der Waals surface area (Å²) in [6, 6.07) is 6.82. The molecule has 0 aliphatic carbocycles. The fourth-order valence-corrected chi connectivity index (χ4v) is 3.51. The van der Waals surface area contributed by atoms with Crippen molar-refractivity contribution in [1.82, 2.24) is 5.32 Å². The standard InChI is InChI=1S/C22H18BrClN2O7/c1-11-4-5-13(8-16(11)24)26-21(29)14(20(28)25-22(26)30)6-12-7-17(31-2)18(9-15(12)23)33-10-19(27)32-3/h4-9H,10H2,1-3H3,(H,25,28,30)/b14-6-. The van der Waals surface area contributed by atoms with E-state index < -0.39 is 23.8 Å². The lowest BCUT2D eigenvalue weighted by Gasteiger charge is -2.26. The molecule has 172 valence electrons. The lowest BCUT2D eigenvalue weighted by Crippen LogP contribution is -2.54. The number of aryl methyl sites for hydroxylation is 1. The van der Waals surface area contributed by atoms with Crippen LogP contribution in [0.1, 0.15) is 11.1 Å². The van der Waals surface area contributed by atoms with E-state index in [1.54, 1.807) is 19.1 Å². The number of esters is 1. The molecular formula is C22H18BrClN2O7. The van der Waals surface area contributed by atoms with E-state index in [1.807, 2.05) is 0 Å². The number of methoxy groups -OCH3 is 2. The van der Waals surface area contributed by atoms with Crippen molar-refractivity contribution in [3.05, 3.63) is 56.5 Å². The summed E-state index contributed by atoms with van der Waals surface area (Å²) in [7, 11) is 2.63. The highest BCUT2D eigenvalue weighted by atomic mass is 79.9. The van der Waals surface area contributed by atoms with E-state index in [4.69, 9.17) is 21.1 Å². The Morgan fingerprint density at radius 3 is 2.52 bits per heavy atom. The molecule has 2 aromatic carbocycles. The number of hydrogen-bond acceptors (Lipinski definition) is 7. The van der Waals surface area contributed by atoms with Crippen LogP contribution in [0.25, 0.3) is 6.08 Å². The van der Waals surface area contributed by atoms with Crippen LogP contribution >= 0.6 is 27.5 Å². The number of rotatable bonds is 6. The first-order valence-electron chi connectivity index (χ1n) is 9.41. The molecule has 0 bridgehead atoms. The molecule has 33 heavy (non-hydrogen) atoms. The van der Waals surface area contributed by atoms with Gasteiger partial charge in [0.1, 0.15) is 5.57 Å². The van der Waals surface area contributed by atoms with E-state index in [1.165, 1.54) is 38.5 Å². The molecule has 4 amide bonds. The number of nitrogens with zero attached hydrogens (tertiary/aromatic N) is 1. The Hall–Kier alpha value is -3.37. The van der Waals surface area contributed by atoms with Gasteiger partial charge in [0.15, 0.2) is 18.1 Å². The van der Waals surface area contributed by atoms with Gasteiger partial charge in [0.25, 0.3) is 11.8 Å². The number of nitrogens with one attached hydrogen (secondary N) is 1. The van der Waals surface area contributed by atoms with Gasteiger partial charge in [0.05, 0.1) is 19.9 Å². The van der Waals surface area contributed by atoms with Crippen LogP contribution in [0.3, 0.4) is 0 Å². The van der Waals surface area contributed by atoms with Crippen molar-refractivity contribution in [2.45, 2.75) is 6.92 Å². The summed E-state index contributed by atoms with van der Waals surface area (Å²) in [6.45, 7) is 1.44. The molecule has 1 aliphatic rings. The van der Waals surface area contributed by atoms with Crippen LogP contribution in [0.2, 0.25) is 5.02 Å². The molecule has 0 radical (unpaired) electrons. The lowest BCUT2D eigenvalue weighted by atomic mass is 10.1. The molecule has 11 heteroatoms. The van der Waals surface area contributed by atoms with Crippen molar-refractivity contribution in [3.8, 4) is 11.5 Å². The van der Waals surface area contributed by atoms with Gasteiger partial charge >= 0.3 is 12.0 Å². The number of amides is 4. The Bertz CT molecular complexity index is 1200. The molecule has 9 nitrogen and oxygen atoms in total. The van der Waals surface area contributed by atoms with Crippen LogP contribution in [-0.2, 0) is 19.1 Å². The second kappa shape index (κ2) is 10.1. The Morgan fingerprint density at radius 1 is 1.15 bits per heavy atom. The SMILES string of the molecule is COC(=O)COc1cc(Br)c(/C=C2/C(=O)NC(=O)N(c3ccc(C)c(Cl)c3)C2=O)cc1OC. The van der Waals surface area contributed by atoms with Crippen LogP contribution in [-0.4, -0.2) is 44.6 Å². The van der Waals surface area contributed by atoms with E-state index in [0.29, 0.717) is 15.1 Å². The molecule has 1 heterocycles. The molecule has 0 atom stereocenters. The quantitative estimate of drug-likeness (QED) is 0.340. The summed E-state index contributed by atoms with van der Waals surface area (Å²) in [5, 5.41) is 2.52. The molecule has 1 N–H and O–H groups in total. The zero-order chi connectivity index (χ0) is 24.3. The predicted octanol–water partition coefficient (Wildman–Crippen LogP) is 3.64. The largest absolute Gasteiger partial charge is 0.493 e. The number of imide groups is 2. The summed E-state index contributed by atoms with van der Waals surface area (Å²) in [5.41, 5.74) is 1.10. The molecule has 0 unspecified atom stereocenters. The van der Waals surface area contributed by atoms with Gasteiger partial charge < -0.3 is 14.2 Å². The molecule has 3 rings (SSSR count). The molecule has 2 aromatic rings. The number of ether oxygens (including phenoxy) is 3. The Morgan fingerprint density at radius 2 is 1.88 bits per heavy atom. The van der Waals surface area contributed by atoms with E-state index >= 15 is 0 Å². The van der Waals surface area contributed by atoms with Gasteiger partial charge in [0, 0.05) is 9.50 Å². The van der Waals surface area contributed by atoms with E-state index in [-0.39, 0.29) is 29.4 Å². The molecular weight excluding hydrogens is 520 g/mol. The minimum atomic E-state index is -0.884. The zero-order valence-corrected chi connectivity index (χ0v) is 20.1. The van der Waals surface area contributed by atoms with Crippen molar-refractivity contribution in [1.29, 1.82) is 0 Å². The number of carbonyl (C=O) groups excluding carboxylic acids is 4. The van der Waals surface area contributed by atoms with Crippen molar-refractivity contribution in [2.75, 3.05) is 25.7 Å². The van der Waals surface area contributed by atoms with Crippen LogP contribution < -0.4 is 19.7 Å². The maximum absolute atomic E-state index is 13.1. The number of barbiturate groups is 1. The van der Waals surface area contributed by atoms with Crippen molar-refractivity contribution in [2.24, 2.45) is 0 Å². The number of anilines is 1. The highest BCUT2D eigenvalue weighted by Gasteiger charge is 2.37. The second-order valence-electron chi connectivity index (χ2n) is 6.78. The topological polar surface area (TPSA) is 111 Å². The van der Waals surface area contributed by atoms with Crippen molar-refractivity contribution >= 4 is 63.1 Å². The predicted molar refractivity (Wildman–Crippen MR) is 123 cm³/mol. The minimum absolute atomic E-state index is 0.217. The van der Waals surface area contributed by atoms with Gasteiger partial charge in [-0.2, -0.15) is 0 Å². The van der Waals surface area contributed by atoms with Gasteiger partial charge in [-0.3, -0.25) is 14.9 Å². The van der Waals surface area contributed by atoms with Crippen LogP contribution in [0.5, 0.6) is 11.5 Å². The third kappa shape index (κ3) is 5.18. The number of carbonyl (C=O) groups is 4. The normalized spacial score (nSPS) is 14.9. The third-order valence-electron chi connectivity index (χ3n) is 4.67. The molecule has 1 saturated heterocycles. The smallest absolute Gasteiger partial charge is 0.343 e. The minimum Gasteiger partial charge on any atom is -0.493 e. The summed E-state index contributed by atoms with van der Waals surface area (Å²) >= 11 is 9.49. The molecule has 0 aromatic heterocycles. The summed E-state index contributed by atoms with van der Waals surface area (Å²) < 4.78 is 15.7. The molecule has 0 spiro atoms. The molecule has 1 aliphatic heterocycles. The van der Waals surface area contributed by atoms with Crippen molar-refractivity contribution < 1.29 is 33.4 Å². The summed E-state index contributed by atoms with van der Waals surface area (Å²) in [5.74, 6) is -1.76. The third-order valence-corrected chi connectivity index (χ3v) is 5.77. The zero-order valence-electron chi connectivity index (χ0n) is 17.7. The molecule has 1 fully saturated rings. The monoisotopic (exact) mass is 536 g/mol. The van der Waals surface area contributed by atoms with E-state index in [2.05, 4.69) is 26.0 Å². The summed E-state index contributed by atoms with van der Waals surface area (Å²) in [4.78, 5) is 50.1. The number of hydrogen-bond donors (Lipinski definition) is 1. The Labute approximate surface area is 202 Å². The maximum atomic E-state index is 13.1. The first-order valence-corrected chi connectivity index (χ1v) is 10.6. The number of benzene rings is 2. The Balaban J connectivity index is 1.99. The van der Waals surface area contributed by atoms with Gasteiger partial charge in [-0.05, 0) is 48.4 Å². The van der Waals surface area contributed by atoms with Gasteiger partial charge in [-0.25, -0.2) is 14.5 Å². The van der Waals surface area contributed by atoms with Gasteiger partial charge in [-0.15, -0.1) is 0 Å². The van der Waals surface area contributed by atoms with Gasteiger partial charge in [0.2, 0.25) is 0 Å². The Kier molecular flexibility index (Phi) is 7.39.